The Kier molecular flexibility index (Phi) is 3.29. The minimum atomic E-state index is -0.466. The van der Waals surface area contributed by atoms with Crippen molar-refractivity contribution in [1.82, 2.24) is 15.2 Å². The zero-order chi connectivity index (χ0) is 15.0. The van der Waals surface area contributed by atoms with Crippen LogP contribution in [0.1, 0.15) is 17.2 Å². The van der Waals surface area contributed by atoms with Gasteiger partial charge in [0.05, 0.1) is 13.7 Å². The Morgan fingerprint density at radius 3 is 2.86 bits per heavy atom. The summed E-state index contributed by atoms with van der Waals surface area (Å²) >= 11 is 0. The first-order valence-corrected chi connectivity index (χ1v) is 6.79. The number of H-pyrrole nitrogens is 1. The number of benzene rings is 1. The molecule has 110 valence electrons. The zero-order valence-corrected chi connectivity index (χ0v) is 12.0. The average molecular weight is 287 g/mol. The maximum absolute atomic E-state index is 12.1. The van der Waals surface area contributed by atoms with Crippen LogP contribution in [-0.4, -0.2) is 42.6 Å². The number of ether oxygens (including phenoxy) is 1. The molecule has 3 rings (SSSR count). The Morgan fingerprint density at radius 1 is 1.38 bits per heavy atom. The van der Waals surface area contributed by atoms with E-state index < -0.39 is 5.92 Å². The lowest BCUT2D eigenvalue weighted by atomic mass is 9.92. The fourth-order valence-corrected chi connectivity index (χ4v) is 2.96. The predicted octanol–water partition coefficient (Wildman–Crippen LogP) is 1.58. The summed E-state index contributed by atoms with van der Waals surface area (Å²) in [6.45, 7) is 0.776. The number of carbonyl (C=O) groups excluding carboxylic acids is 2. The second-order valence-corrected chi connectivity index (χ2v) is 5.07. The van der Waals surface area contributed by atoms with E-state index >= 15 is 0 Å². The first-order chi connectivity index (χ1) is 10.2. The molecule has 1 aliphatic rings. The predicted molar refractivity (Wildman–Crippen MR) is 77.9 cm³/mol. The number of hydrogen-bond acceptors (Lipinski definition) is 3. The summed E-state index contributed by atoms with van der Waals surface area (Å²) in [4.78, 5) is 28.9. The van der Waals surface area contributed by atoms with Crippen molar-refractivity contribution >= 4 is 22.9 Å². The summed E-state index contributed by atoms with van der Waals surface area (Å²) in [5.74, 6) is -0.790. The van der Waals surface area contributed by atoms with Crippen LogP contribution >= 0.6 is 0 Å². The standard InChI is InChI=1S/C15H17N3O3/c1-16-15(20)18-7-10(14(19)21-2)13-9-5-3-4-6-11(9)17-12(13)8-18/h3-6,10,17H,7-8H2,1-2H3,(H,16,20)/t10-/m1/s1. The van der Waals surface area contributed by atoms with Crippen LogP contribution < -0.4 is 5.32 Å². The van der Waals surface area contributed by atoms with Gasteiger partial charge in [-0.25, -0.2) is 4.79 Å². The summed E-state index contributed by atoms with van der Waals surface area (Å²) in [6.07, 6.45) is 0. The molecule has 0 spiro atoms. The van der Waals surface area contributed by atoms with Crippen molar-refractivity contribution in [3.05, 3.63) is 35.5 Å². The third-order valence-corrected chi connectivity index (χ3v) is 3.92. The van der Waals surface area contributed by atoms with Crippen LogP contribution in [0.4, 0.5) is 4.79 Å². The molecule has 2 heterocycles. The maximum atomic E-state index is 12.1. The summed E-state index contributed by atoms with van der Waals surface area (Å²) in [5, 5.41) is 3.61. The van der Waals surface area contributed by atoms with Gasteiger partial charge >= 0.3 is 12.0 Å². The van der Waals surface area contributed by atoms with Gasteiger partial charge in [-0.15, -0.1) is 0 Å². The molecule has 21 heavy (non-hydrogen) atoms. The van der Waals surface area contributed by atoms with Crippen LogP contribution in [-0.2, 0) is 16.1 Å². The van der Waals surface area contributed by atoms with Gasteiger partial charge < -0.3 is 19.9 Å². The van der Waals surface area contributed by atoms with Crippen LogP contribution in [0.5, 0.6) is 0 Å². The number of rotatable bonds is 1. The van der Waals surface area contributed by atoms with Crippen LogP contribution in [0.25, 0.3) is 10.9 Å². The van der Waals surface area contributed by atoms with E-state index in [0.29, 0.717) is 13.1 Å². The molecule has 6 nitrogen and oxygen atoms in total. The molecule has 2 N–H and O–H groups in total. The van der Waals surface area contributed by atoms with Crippen LogP contribution in [0.2, 0.25) is 0 Å². The summed E-state index contributed by atoms with van der Waals surface area (Å²) in [7, 11) is 2.95. The minimum Gasteiger partial charge on any atom is -0.468 e. The number of carbonyl (C=O) groups is 2. The monoisotopic (exact) mass is 287 g/mol. The van der Waals surface area contributed by atoms with Crippen molar-refractivity contribution < 1.29 is 14.3 Å². The molecule has 0 saturated heterocycles. The highest BCUT2D eigenvalue weighted by molar-refractivity contribution is 5.92. The van der Waals surface area contributed by atoms with Crippen molar-refractivity contribution in [3.8, 4) is 0 Å². The lowest BCUT2D eigenvalue weighted by molar-refractivity contribution is -0.143. The molecule has 6 heteroatoms. The van der Waals surface area contributed by atoms with Crippen molar-refractivity contribution in [2.24, 2.45) is 0 Å². The molecular formula is C15H17N3O3. The topological polar surface area (TPSA) is 74.4 Å². The maximum Gasteiger partial charge on any atom is 0.317 e. The highest BCUT2D eigenvalue weighted by Gasteiger charge is 2.35. The SMILES string of the molecule is CNC(=O)N1Cc2[nH]c3ccccc3c2[C@H](C(=O)OC)C1. The largest absolute Gasteiger partial charge is 0.468 e. The van der Waals surface area contributed by atoms with E-state index in [0.717, 1.165) is 22.2 Å². The molecule has 0 bridgehead atoms. The first-order valence-electron chi connectivity index (χ1n) is 6.79. The number of aromatic amines is 1. The molecule has 0 aliphatic carbocycles. The van der Waals surface area contributed by atoms with Gasteiger partial charge in [0.1, 0.15) is 5.92 Å². The van der Waals surface area contributed by atoms with Gasteiger partial charge in [0.2, 0.25) is 0 Å². The van der Waals surface area contributed by atoms with Crippen LogP contribution in [0.15, 0.2) is 24.3 Å². The smallest absolute Gasteiger partial charge is 0.317 e. The van der Waals surface area contributed by atoms with Crippen molar-refractivity contribution in [2.45, 2.75) is 12.5 Å². The number of methoxy groups -OCH3 is 1. The molecule has 0 radical (unpaired) electrons. The number of nitrogens with zero attached hydrogens (tertiary/aromatic N) is 1. The van der Waals surface area contributed by atoms with Gasteiger partial charge in [0.15, 0.2) is 0 Å². The molecule has 0 unspecified atom stereocenters. The Balaban J connectivity index is 2.12. The molecule has 1 aromatic heterocycles. The van der Waals surface area contributed by atoms with E-state index in [1.54, 1.807) is 11.9 Å². The normalized spacial score (nSPS) is 17.4. The van der Waals surface area contributed by atoms with E-state index in [9.17, 15) is 9.59 Å². The van der Waals surface area contributed by atoms with Crippen molar-refractivity contribution in [1.29, 1.82) is 0 Å². The molecule has 1 aliphatic heterocycles. The molecular weight excluding hydrogens is 270 g/mol. The average Bonchev–Trinajstić information content (AvgIpc) is 2.90. The Morgan fingerprint density at radius 2 is 2.14 bits per heavy atom. The van der Waals surface area contributed by atoms with Crippen molar-refractivity contribution in [3.63, 3.8) is 0 Å². The second kappa shape index (κ2) is 5.12. The van der Waals surface area contributed by atoms with E-state index in [2.05, 4.69) is 10.3 Å². The number of amides is 2. The Labute approximate surface area is 122 Å². The Bertz CT molecular complexity index is 707. The van der Waals surface area contributed by atoms with E-state index in [4.69, 9.17) is 4.74 Å². The van der Waals surface area contributed by atoms with Gasteiger partial charge in [-0.2, -0.15) is 0 Å². The van der Waals surface area contributed by atoms with Crippen LogP contribution in [0.3, 0.4) is 0 Å². The van der Waals surface area contributed by atoms with Crippen LogP contribution in [0, 0.1) is 0 Å². The van der Waals surface area contributed by atoms with E-state index in [1.807, 2.05) is 24.3 Å². The summed E-state index contributed by atoms with van der Waals surface area (Å²) in [6, 6.07) is 7.62. The number of aromatic nitrogens is 1. The third kappa shape index (κ3) is 2.12. The number of hydrogen-bond donors (Lipinski definition) is 2. The lowest BCUT2D eigenvalue weighted by Gasteiger charge is -2.31. The highest BCUT2D eigenvalue weighted by atomic mass is 16.5. The number of para-hydroxylation sites is 1. The zero-order valence-electron chi connectivity index (χ0n) is 12.0. The summed E-state index contributed by atoms with van der Waals surface area (Å²) < 4.78 is 4.92. The number of fused-ring (bicyclic) bond motifs is 3. The summed E-state index contributed by atoms with van der Waals surface area (Å²) in [5.41, 5.74) is 2.80. The van der Waals surface area contributed by atoms with E-state index in [-0.39, 0.29) is 12.0 Å². The Hall–Kier alpha value is -2.50. The first kappa shape index (κ1) is 13.5. The van der Waals surface area contributed by atoms with Gasteiger partial charge in [0.25, 0.3) is 0 Å². The number of urea groups is 1. The molecule has 2 amide bonds. The fraction of sp³-hybridized carbons (Fsp3) is 0.333. The van der Waals surface area contributed by atoms with Gasteiger partial charge in [-0.05, 0) is 11.6 Å². The molecule has 0 saturated carbocycles. The minimum absolute atomic E-state index is 0.201. The number of esters is 1. The molecule has 1 atom stereocenters. The van der Waals surface area contributed by atoms with Gasteiger partial charge in [-0.3, -0.25) is 4.79 Å². The quantitative estimate of drug-likeness (QED) is 0.782. The highest BCUT2D eigenvalue weighted by Crippen LogP contribution is 2.35. The van der Waals surface area contributed by atoms with Gasteiger partial charge in [-0.1, -0.05) is 18.2 Å². The second-order valence-electron chi connectivity index (χ2n) is 5.07. The number of nitrogens with one attached hydrogen (secondary N) is 2. The molecule has 0 fully saturated rings. The van der Waals surface area contributed by atoms with Gasteiger partial charge in [0, 0.05) is 30.2 Å². The van der Waals surface area contributed by atoms with E-state index in [1.165, 1.54) is 7.11 Å². The fourth-order valence-electron chi connectivity index (χ4n) is 2.96. The van der Waals surface area contributed by atoms with Crippen molar-refractivity contribution in [2.75, 3.05) is 20.7 Å². The lowest BCUT2D eigenvalue weighted by Crippen LogP contribution is -2.44. The molecule has 1 aromatic carbocycles. The third-order valence-electron chi connectivity index (χ3n) is 3.92. The molecule has 2 aromatic rings.